The molecule has 0 spiro atoms. The first-order chi connectivity index (χ1) is 11.0. The third-order valence-corrected chi connectivity index (χ3v) is 3.36. The molecule has 1 aliphatic heterocycles. The highest BCUT2D eigenvalue weighted by Gasteiger charge is 2.36. The Morgan fingerprint density at radius 1 is 1.52 bits per heavy atom. The van der Waals surface area contributed by atoms with Crippen LogP contribution in [0.4, 0.5) is 4.39 Å². The van der Waals surface area contributed by atoms with Gasteiger partial charge in [-0.05, 0) is 24.6 Å². The van der Waals surface area contributed by atoms with Gasteiger partial charge in [0.25, 0.3) is 0 Å². The molecule has 1 aromatic rings. The van der Waals surface area contributed by atoms with Crippen LogP contribution < -0.4 is 5.73 Å². The third kappa shape index (κ3) is 3.24. The Balaban J connectivity index is 2.54. The van der Waals surface area contributed by atoms with E-state index in [1.807, 2.05) is 6.07 Å². The zero-order valence-corrected chi connectivity index (χ0v) is 12.5. The van der Waals surface area contributed by atoms with Crippen LogP contribution in [0.2, 0.25) is 0 Å². The van der Waals surface area contributed by atoms with Crippen LogP contribution in [0, 0.1) is 17.1 Å². The lowest BCUT2D eigenvalue weighted by atomic mass is 9.83. The van der Waals surface area contributed by atoms with Gasteiger partial charge in [0, 0.05) is 0 Å². The Kier molecular flexibility index (Phi) is 4.82. The summed E-state index contributed by atoms with van der Waals surface area (Å²) in [6, 6.07) is 7.43. The van der Waals surface area contributed by atoms with Gasteiger partial charge in [0.2, 0.25) is 5.88 Å². The molecule has 1 aliphatic rings. The summed E-state index contributed by atoms with van der Waals surface area (Å²) in [5, 5.41) is 9.38. The normalized spacial score (nSPS) is 17.3. The summed E-state index contributed by atoms with van der Waals surface area (Å²) in [5.41, 5.74) is 6.53. The van der Waals surface area contributed by atoms with E-state index < -0.39 is 17.7 Å². The summed E-state index contributed by atoms with van der Waals surface area (Å²) in [6.45, 7) is 5.06. The van der Waals surface area contributed by atoms with Gasteiger partial charge in [-0.25, -0.2) is 9.18 Å². The fourth-order valence-electron chi connectivity index (χ4n) is 2.35. The lowest BCUT2D eigenvalue weighted by Crippen LogP contribution is -2.25. The van der Waals surface area contributed by atoms with Gasteiger partial charge in [0.1, 0.15) is 29.8 Å². The number of allylic oxidation sites excluding steroid dienone is 2. The van der Waals surface area contributed by atoms with Crippen LogP contribution >= 0.6 is 0 Å². The molecule has 0 saturated carbocycles. The molecule has 23 heavy (non-hydrogen) atoms. The summed E-state index contributed by atoms with van der Waals surface area (Å²) in [7, 11) is 0. The monoisotopic (exact) mass is 314 g/mol. The SMILES string of the molecule is C=CCOC(=O)C1=C(C)OC(N)=C(C#N)[C@@H]1c1ccc(F)cc1. The molecule has 0 aromatic heterocycles. The average Bonchev–Trinajstić information content (AvgIpc) is 2.52. The molecule has 0 unspecified atom stereocenters. The highest BCUT2D eigenvalue weighted by atomic mass is 19.1. The molecule has 0 fully saturated rings. The molecule has 118 valence electrons. The van der Waals surface area contributed by atoms with Gasteiger partial charge in [-0.2, -0.15) is 5.26 Å². The van der Waals surface area contributed by atoms with Crippen LogP contribution in [-0.4, -0.2) is 12.6 Å². The standard InChI is InChI=1S/C17H15FN2O3/c1-3-8-22-17(21)14-10(2)23-16(20)13(9-19)15(14)11-4-6-12(18)7-5-11/h3-7,15H,1,8,20H2,2H3/t15-/m0/s1. The molecule has 5 nitrogen and oxygen atoms in total. The molecular formula is C17H15FN2O3. The van der Waals surface area contributed by atoms with E-state index in [-0.39, 0.29) is 29.4 Å². The van der Waals surface area contributed by atoms with Crippen molar-refractivity contribution in [3.05, 3.63) is 71.1 Å². The molecular weight excluding hydrogens is 299 g/mol. The predicted octanol–water partition coefficient (Wildman–Crippen LogP) is 2.64. The minimum absolute atomic E-state index is 0.0207. The number of nitrogens with zero attached hydrogens (tertiary/aromatic N) is 1. The van der Waals surface area contributed by atoms with Crippen molar-refractivity contribution in [2.24, 2.45) is 5.73 Å². The lowest BCUT2D eigenvalue weighted by Gasteiger charge is -2.26. The van der Waals surface area contributed by atoms with E-state index in [1.54, 1.807) is 6.92 Å². The van der Waals surface area contributed by atoms with Crippen LogP contribution in [0.15, 0.2) is 59.7 Å². The van der Waals surface area contributed by atoms with E-state index in [4.69, 9.17) is 15.2 Å². The highest BCUT2D eigenvalue weighted by molar-refractivity contribution is 5.92. The van der Waals surface area contributed by atoms with Gasteiger partial charge in [0.15, 0.2) is 0 Å². The first-order valence-electron chi connectivity index (χ1n) is 6.81. The smallest absolute Gasteiger partial charge is 0.338 e. The first-order valence-corrected chi connectivity index (χ1v) is 6.81. The molecule has 2 N–H and O–H groups in total. The van der Waals surface area contributed by atoms with Crippen molar-refractivity contribution in [3.8, 4) is 6.07 Å². The number of carbonyl (C=O) groups excluding carboxylic acids is 1. The van der Waals surface area contributed by atoms with Crippen LogP contribution in [-0.2, 0) is 14.3 Å². The lowest BCUT2D eigenvalue weighted by molar-refractivity contribution is -0.138. The number of ether oxygens (including phenoxy) is 2. The number of benzene rings is 1. The fourth-order valence-corrected chi connectivity index (χ4v) is 2.35. The topological polar surface area (TPSA) is 85.3 Å². The fraction of sp³-hybridized carbons (Fsp3) is 0.176. The zero-order chi connectivity index (χ0) is 17.0. The maximum atomic E-state index is 13.2. The number of halogens is 1. The first kappa shape index (κ1) is 16.3. The summed E-state index contributed by atoms with van der Waals surface area (Å²) in [4.78, 5) is 12.3. The van der Waals surface area contributed by atoms with Crippen molar-refractivity contribution >= 4 is 5.97 Å². The molecule has 1 aromatic carbocycles. The number of rotatable bonds is 4. The van der Waals surface area contributed by atoms with E-state index in [0.717, 1.165) is 0 Å². The Labute approximate surface area is 133 Å². The Morgan fingerprint density at radius 3 is 2.74 bits per heavy atom. The summed E-state index contributed by atoms with van der Waals surface area (Å²) >= 11 is 0. The van der Waals surface area contributed by atoms with Crippen molar-refractivity contribution in [1.29, 1.82) is 5.26 Å². The predicted molar refractivity (Wildman–Crippen MR) is 80.9 cm³/mol. The van der Waals surface area contributed by atoms with Crippen molar-refractivity contribution in [1.82, 2.24) is 0 Å². The maximum absolute atomic E-state index is 13.2. The second-order valence-corrected chi connectivity index (χ2v) is 4.83. The molecule has 6 heteroatoms. The molecule has 0 aliphatic carbocycles. The van der Waals surface area contributed by atoms with Gasteiger partial charge >= 0.3 is 5.97 Å². The van der Waals surface area contributed by atoms with Gasteiger partial charge < -0.3 is 15.2 Å². The van der Waals surface area contributed by atoms with Crippen molar-refractivity contribution in [2.45, 2.75) is 12.8 Å². The number of nitrogens with two attached hydrogens (primary N) is 1. The van der Waals surface area contributed by atoms with Gasteiger partial charge in [-0.1, -0.05) is 24.8 Å². The minimum atomic E-state index is -0.772. The third-order valence-electron chi connectivity index (χ3n) is 3.36. The van der Waals surface area contributed by atoms with Crippen molar-refractivity contribution in [3.63, 3.8) is 0 Å². The second-order valence-electron chi connectivity index (χ2n) is 4.83. The molecule has 0 bridgehead atoms. The summed E-state index contributed by atoms with van der Waals surface area (Å²) in [5.74, 6) is -1.68. The van der Waals surface area contributed by atoms with E-state index in [0.29, 0.717) is 5.56 Å². The van der Waals surface area contributed by atoms with E-state index in [1.165, 1.54) is 30.3 Å². The minimum Gasteiger partial charge on any atom is -0.458 e. The average molecular weight is 314 g/mol. The Morgan fingerprint density at radius 2 is 2.17 bits per heavy atom. The highest BCUT2D eigenvalue weighted by Crippen LogP contribution is 2.39. The van der Waals surface area contributed by atoms with Crippen LogP contribution in [0.1, 0.15) is 18.4 Å². The van der Waals surface area contributed by atoms with E-state index in [9.17, 15) is 14.4 Å². The zero-order valence-electron chi connectivity index (χ0n) is 12.5. The molecule has 0 saturated heterocycles. The van der Waals surface area contributed by atoms with E-state index in [2.05, 4.69) is 6.58 Å². The summed E-state index contributed by atoms with van der Waals surface area (Å²) < 4.78 is 23.5. The number of esters is 1. The maximum Gasteiger partial charge on any atom is 0.338 e. The Hall–Kier alpha value is -3.07. The van der Waals surface area contributed by atoms with Crippen LogP contribution in [0.25, 0.3) is 0 Å². The number of hydrogen-bond acceptors (Lipinski definition) is 5. The van der Waals surface area contributed by atoms with Crippen LogP contribution in [0.5, 0.6) is 0 Å². The molecule has 0 radical (unpaired) electrons. The van der Waals surface area contributed by atoms with Crippen molar-refractivity contribution < 1.29 is 18.7 Å². The molecule has 0 amide bonds. The van der Waals surface area contributed by atoms with Gasteiger partial charge in [-0.3, -0.25) is 0 Å². The molecule has 2 rings (SSSR count). The summed E-state index contributed by atoms with van der Waals surface area (Å²) in [6.07, 6.45) is 1.43. The number of hydrogen-bond donors (Lipinski definition) is 1. The van der Waals surface area contributed by atoms with Crippen LogP contribution in [0.3, 0.4) is 0 Å². The molecule has 1 heterocycles. The second kappa shape index (κ2) is 6.79. The van der Waals surface area contributed by atoms with Gasteiger partial charge in [0.05, 0.1) is 11.5 Å². The van der Waals surface area contributed by atoms with Crippen molar-refractivity contribution in [2.75, 3.05) is 6.61 Å². The number of carbonyl (C=O) groups is 1. The largest absolute Gasteiger partial charge is 0.458 e. The number of nitriles is 1. The molecule has 1 atom stereocenters. The van der Waals surface area contributed by atoms with Gasteiger partial charge in [-0.15, -0.1) is 0 Å². The quantitative estimate of drug-likeness (QED) is 0.682. The van der Waals surface area contributed by atoms with E-state index >= 15 is 0 Å². The Bertz CT molecular complexity index is 742.